The molecule has 0 unspecified atom stereocenters. The number of halogens is 1. The van der Waals surface area contributed by atoms with E-state index in [0.29, 0.717) is 24.5 Å². The molecule has 26 heavy (non-hydrogen) atoms. The van der Waals surface area contributed by atoms with E-state index in [4.69, 9.17) is 16.9 Å². The lowest BCUT2D eigenvalue weighted by molar-refractivity contribution is -0.116. The van der Waals surface area contributed by atoms with E-state index >= 15 is 0 Å². The van der Waals surface area contributed by atoms with Gasteiger partial charge in [-0.05, 0) is 29.8 Å². The highest BCUT2D eigenvalue weighted by Gasteiger charge is 2.06. The lowest BCUT2D eigenvalue weighted by Crippen LogP contribution is -2.20. The molecule has 130 valence electrons. The maximum Gasteiger partial charge on any atom is 0.244 e. The van der Waals surface area contributed by atoms with Crippen LogP contribution in [0, 0.1) is 11.3 Å². The number of nitrogens with one attached hydrogen (secondary N) is 1. The average molecular weight is 364 g/mol. The number of nitrogens with zero attached hydrogens (tertiary/aromatic N) is 2. The van der Waals surface area contributed by atoms with E-state index in [1.165, 1.54) is 6.08 Å². The molecule has 0 spiro atoms. The summed E-state index contributed by atoms with van der Waals surface area (Å²) in [6.07, 6.45) is 5.77. The molecular formula is C21H18ClN3O. The SMILES string of the molecule is N#CCCn1cc(/C=C/C(=O)NCc2ccc(Cl)cc2)c2ccccc21. The lowest BCUT2D eigenvalue weighted by atomic mass is 10.1. The second-order valence-corrected chi connectivity index (χ2v) is 6.32. The van der Waals surface area contributed by atoms with Crippen molar-refractivity contribution in [2.24, 2.45) is 0 Å². The molecule has 0 aliphatic rings. The van der Waals surface area contributed by atoms with E-state index in [-0.39, 0.29) is 5.91 Å². The summed E-state index contributed by atoms with van der Waals surface area (Å²) in [6.45, 7) is 1.08. The van der Waals surface area contributed by atoms with E-state index in [0.717, 1.165) is 22.0 Å². The number of benzene rings is 2. The number of para-hydroxylation sites is 1. The molecule has 2 aromatic carbocycles. The topological polar surface area (TPSA) is 57.8 Å². The van der Waals surface area contributed by atoms with Crippen LogP contribution in [0.2, 0.25) is 5.02 Å². The molecule has 0 aliphatic heterocycles. The van der Waals surface area contributed by atoms with Gasteiger partial charge < -0.3 is 9.88 Å². The first-order valence-electron chi connectivity index (χ1n) is 8.32. The molecule has 0 atom stereocenters. The first-order valence-corrected chi connectivity index (χ1v) is 8.70. The van der Waals surface area contributed by atoms with Crippen molar-refractivity contribution in [1.29, 1.82) is 5.26 Å². The highest BCUT2D eigenvalue weighted by Crippen LogP contribution is 2.22. The van der Waals surface area contributed by atoms with E-state index in [1.54, 1.807) is 12.1 Å². The molecule has 4 nitrogen and oxygen atoms in total. The molecule has 1 aromatic heterocycles. The van der Waals surface area contributed by atoms with Gasteiger partial charge >= 0.3 is 0 Å². The summed E-state index contributed by atoms with van der Waals surface area (Å²) in [5.41, 5.74) is 3.01. The fourth-order valence-electron chi connectivity index (χ4n) is 2.78. The number of rotatable bonds is 6. The van der Waals surface area contributed by atoms with Crippen LogP contribution >= 0.6 is 11.6 Å². The number of aryl methyl sites for hydroxylation is 1. The van der Waals surface area contributed by atoms with Gasteiger partial charge in [0.05, 0.1) is 12.5 Å². The number of aromatic nitrogens is 1. The Kier molecular flexibility index (Phi) is 5.73. The molecule has 3 rings (SSSR count). The summed E-state index contributed by atoms with van der Waals surface area (Å²) in [5.74, 6) is -0.159. The van der Waals surface area contributed by atoms with Gasteiger partial charge in [-0.2, -0.15) is 5.26 Å². The standard InChI is InChI=1S/C21H18ClN3O/c22-18-9-6-16(7-10-18)14-24-21(26)11-8-17-15-25(13-3-12-23)20-5-2-1-4-19(17)20/h1-2,4-11,15H,3,13-14H2,(H,24,26)/b11-8+. The fourth-order valence-corrected chi connectivity index (χ4v) is 2.91. The van der Waals surface area contributed by atoms with E-state index in [1.807, 2.05) is 53.2 Å². The van der Waals surface area contributed by atoms with Gasteiger partial charge in [-0.25, -0.2) is 0 Å². The maximum atomic E-state index is 12.1. The van der Waals surface area contributed by atoms with Gasteiger partial charge in [-0.3, -0.25) is 4.79 Å². The third-order valence-electron chi connectivity index (χ3n) is 4.08. The van der Waals surface area contributed by atoms with Crippen LogP contribution in [0.25, 0.3) is 17.0 Å². The first kappa shape index (κ1) is 17.8. The zero-order valence-electron chi connectivity index (χ0n) is 14.2. The molecule has 0 fully saturated rings. The highest BCUT2D eigenvalue weighted by atomic mass is 35.5. The van der Waals surface area contributed by atoms with Crippen LogP contribution < -0.4 is 5.32 Å². The number of carbonyl (C=O) groups excluding carboxylic acids is 1. The van der Waals surface area contributed by atoms with Crippen LogP contribution in [-0.4, -0.2) is 10.5 Å². The normalized spacial score (nSPS) is 10.9. The van der Waals surface area contributed by atoms with Crippen LogP contribution in [0.3, 0.4) is 0 Å². The molecule has 1 heterocycles. The summed E-state index contributed by atoms with van der Waals surface area (Å²) < 4.78 is 2.05. The number of nitriles is 1. The van der Waals surface area contributed by atoms with Gasteiger partial charge in [-0.15, -0.1) is 0 Å². The molecule has 5 heteroatoms. The number of hydrogen-bond acceptors (Lipinski definition) is 2. The Balaban J connectivity index is 1.70. The quantitative estimate of drug-likeness (QED) is 0.654. The molecule has 0 aliphatic carbocycles. The monoisotopic (exact) mass is 363 g/mol. The Bertz CT molecular complexity index is 981. The summed E-state index contributed by atoms with van der Waals surface area (Å²) in [5, 5.41) is 13.4. The van der Waals surface area contributed by atoms with Crippen molar-refractivity contribution in [2.75, 3.05) is 0 Å². The summed E-state index contributed by atoms with van der Waals surface area (Å²) >= 11 is 5.86. The largest absolute Gasteiger partial charge is 0.348 e. The van der Waals surface area contributed by atoms with Gasteiger partial charge in [0.25, 0.3) is 0 Å². The molecule has 0 saturated carbocycles. The van der Waals surface area contributed by atoms with Crippen LogP contribution in [0.1, 0.15) is 17.5 Å². The fraction of sp³-hybridized carbons (Fsp3) is 0.143. The van der Waals surface area contributed by atoms with Crippen molar-refractivity contribution in [1.82, 2.24) is 9.88 Å². The summed E-state index contributed by atoms with van der Waals surface area (Å²) in [7, 11) is 0. The Labute approximate surface area is 157 Å². The van der Waals surface area contributed by atoms with E-state index in [9.17, 15) is 4.79 Å². The summed E-state index contributed by atoms with van der Waals surface area (Å²) in [4.78, 5) is 12.1. The minimum Gasteiger partial charge on any atom is -0.348 e. The number of carbonyl (C=O) groups is 1. The van der Waals surface area contributed by atoms with Gasteiger partial charge in [0.15, 0.2) is 0 Å². The zero-order chi connectivity index (χ0) is 18.4. The van der Waals surface area contributed by atoms with E-state index < -0.39 is 0 Å². The van der Waals surface area contributed by atoms with Crippen molar-refractivity contribution >= 4 is 34.5 Å². The van der Waals surface area contributed by atoms with Gasteiger partial charge in [0.2, 0.25) is 5.91 Å². The minimum atomic E-state index is -0.159. The average Bonchev–Trinajstić information content (AvgIpc) is 3.02. The van der Waals surface area contributed by atoms with Gasteiger partial charge in [0.1, 0.15) is 0 Å². The van der Waals surface area contributed by atoms with Crippen LogP contribution in [0.4, 0.5) is 0 Å². The third-order valence-corrected chi connectivity index (χ3v) is 4.33. The lowest BCUT2D eigenvalue weighted by Gasteiger charge is -2.02. The second-order valence-electron chi connectivity index (χ2n) is 5.88. The van der Waals surface area contributed by atoms with Crippen molar-refractivity contribution in [2.45, 2.75) is 19.5 Å². The third kappa shape index (κ3) is 4.33. The van der Waals surface area contributed by atoms with Crippen LogP contribution in [-0.2, 0) is 17.9 Å². The Hall–Kier alpha value is -3.03. The smallest absolute Gasteiger partial charge is 0.244 e. The second kappa shape index (κ2) is 8.37. The van der Waals surface area contributed by atoms with Gasteiger partial charge in [0, 0.05) is 46.9 Å². The molecule has 0 bridgehead atoms. The molecule has 1 N–H and O–H groups in total. The molecule has 3 aromatic rings. The number of fused-ring (bicyclic) bond motifs is 1. The molecule has 0 saturated heterocycles. The first-order chi connectivity index (χ1) is 12.7. The zero-order valence-corrected chi connectivity index (χ0v) is 14.9. The Morgan fingerprint density at radius 2 is 1.96 bits per heavy atom. The molecule has 0 radical (unpaired) electrons. The maximum absolute atomic E-state index is 12.1. The van der Waals surface area contributed by atoms with Crippen molar-refractivity contribution < 1.29 is 4.79 Å². The predicted molar refractivity (Wildman–Crippen MR) is 105 cm³/mol. The van der Waals surface area contributed by atoms with Crippen molar-refractivity contribution in [3.05, 3.63) is 77.0 Å². The Morgan fingerprint density at radius 3 is 2.73 bits per heavy atom. The van der Waals surface area contributed by atoms with Crippen molar-refractivity contribution in [3.8, 4) is 6.07 Å². The number of hydrogen-bond donors (Lipinski definition) is 1. The number of amides is 1. The summed E-state index contributed by atoms with van der Waals surface area (Å²) in [6, 6.07) is 17.5. The van der Waals surface area contributed by atoms with Crippen LogP contribution in [0.15, 0.2) is 60.8 Å². The van der Waals surface area contributed by atoms with E-state index in [2.05, 4.69) is 11.4 Å². The molecular weight excluding hydrogens is 346 g/mol. The highest BCUT2D eigenvalue weighted by molar-refractivity contribution is 6.30. The Morgan fingerprint density at radius 1 is 1.19 bits per heavy atom. The van der Waals surface area contributed by atoms with Gasteiger partial charge in [-0.1, -0.05) is 41.9 Å². The minimum absolute atomic E-state index is 0.159. The molecule has 1 amide bonds. The van der Waals surface area contributed by atoms with Crippen LogP contribution in [0.5, 0.6) is 0 Å². The predicted octanol–water partition coefficient (Wildman–Crippen LogP) is 4.54. The van der Waals surface area contributed by atoms with Crippen molar-refractivity contribution in [3.63, 3.8) is 0 Å².